The fraction of sp³-hybridized carbons (Fsp3) is 0.412. The van der Waals surface area contributed by atoms with E-state index in [9.17, 15) is 5.11 Å². The maximum absolute atomic E-state index is 10.2. The summed E-state index contributed by atoms with van der Waals surface area (Å²) < 4.78 is 9.57. The first-order valence-electron chi connectivity index (χ1n) is 8.05. The predicted molar refractivity (Wildman–Crippen MR) is 86.3 cm³/mol. The van der Waals surface area contributed by atoms with Gasteiger partial charge in [-0.1, -0.05) is 0 Å². The molecule has 0 aliphatic carbocycles. The lowest BCUT2D eigenvalue weighted by Gasteiger charge is -2.24. The zero-order valence-corrected chi connectivity index (χ0v) is 13.1. The number of nitrogens with zero attached hydrogens (tertiary/aromatic N) is 4. The summed E-state index contributed by atoms with van der Waals surface area (Å²) in [6, 6.07) is 5.90. The van der Waals surface area contributed by atoms with Crippen LogP contribution in [0.15, 0.2) is 36.8 Å². The third-order valence-electron chi connectivity index (χ3n) is 4.37. The van der Waals surface area contributed by atoms with Crippen molar-refractivity contribution in [3.8, 4) is 5.69 Å². The molecule has 6 heteroatoms. The van der Waals surface area contributed by atoms with E-state index in [1.54, 1.807) is 17.8 Å². The maximum Gasteiger partial charge on any atom is 0.150 e. The summed E-state index contributed by atoms with van der Waals surface area (Å²) in [5.41, 5.74) is 2.70. The molecule has 0 saturated carbocycles. The number of aliphatic hydroxyl groups is 1. The highest BCUT2D eigenvalue weighted by Gasteiger charge is 2.20. The van der Waals surface area contributed by atoms with Gasteiger partial charge in [0.25, 0.3) is 0 Å². The Morgan fingerprint density at radius 1 is 1.30 bits per heavy atom. The van der Waals surface area contributed by atoms with Crippen LogP contribution in [0.1, 0.15) is 44.1 Å². The quantitative estimate of drug-likeness (QED) is 0.807. The average Bonchev–Trinajstić information content (AvgIpc) is 3.23. The first kappa shape index (κ1) is 14.4. The molecule has 1 aliphatic rings. The molecule has 2 atom stereocenters. The minimum Gasteiger partial charge on any atom is -0.389 e. The van der Waals surface area contributed by atoms with Gasteiger partial charge in [0.05, 0.1) is 23.5 Å². The summed E-state index contributed by atoms with van der Waals surface area (Å²) in [5, 5.41) is 20.0. The second kappa shape index (κ2) is 5.79. The Labute approximate surface area is 134 Å². The average molecular weight is 312 g/mol. The summed E-state index contributed by atoms with van der Waals surface area (Å²) in [6.07, 6.45) is 8.09. The molecule has 1 aliphatic heterocycles. The van der Waals surface area contributed by atoms with Gasteiger partial charge >= 0.3 is 0 Å². The van der Waals surface area contributed by atoms with Crippen molar-refractivity contribution in [3.05, 3.63) is 42.4 Å². The van der Waals surface area contributed by atoms with E-state index in [1.807, 2.05) is 35.3 Å². The molecule has 0 spiro atoms. The molecule has 23 heavy (non-hydrogen) atoms. The maximum atomic E-state index is 10.2. The number of benzene rings is 1. The van der Waals surface area contributed by atoms with Gasteiger partial charge in [-0.2, -0.15) is 10.2 Å². The molecule has 3 aromatic rings. The highest BCUT2D eigenvalue weighted by molar-refractivity contribution is 5.82. The van der Waals surface area contributed by atoms with Crippen molar-refractivity contribution < 1.29 is 9.84 Å². The van der Waals surface area contributed by atoms with Crippen LogP contribution in [0.5, 0.6) is 0 Å². The van der Waals surface area contributed by atoms with Crippen LogP contribution in [0.25, 0.3) is 16.6 Å². The zero-order valence-electron chi connectivity index (χ0n) is 13.1. The third kappa shape index (κ3) is 2.54. The number of aliphatic hydroxyl groups excluding tert-OH is 1. The van der Waals surface area contributed by atoms with Crippen LogP contribution in [-0.4, -0.2) is 31.3 Å². The van der Waals surface area contributed by atoms with Crippen LogP contribution in [0.2, 0.25) is 0 Å². The van der Waals surface area contributed by atoms with Gasteiger partial charge in [-0.25, -0.2) is 9.36 Å². The lowest BCUT2D eigenvalue weighted by atomic mass is 10.1. The van der Waals surface area contributed by atoms with Gasteiger partial charge in [0.2, 0.25) is 0 Å². The van der Waals surface area contributed by atoms with E-state index in [1.165, 1.54) is 0 Å². The number of fused-ring (bicyclic) bond motifs is 1. The Morgan fingerprint density at radius 2 is 2.22 bits per heavy atom. The van der Waals surface area contributed by atoms with Crippen molar-refractivity contribution in [1.82, 2.24) is 19.6 Å². The van der Waals surface area contributed by atoms with Gasteiger partial charge in [-0.15, -0.1) is 0 Å². The van der Waals surface area contributed by atoms with E-state index in [-0.39, 0.29) is 6.23 Å². The molecule has 2 unspecified atom stereocenters. The zero-order chi connectivity index (χ0) is 15.8. The van der Waals surface area contributed by atoms with Crippen LogP contribution < -0.4 is 0 Å². The Balaban J connectivity index is 1.85. The third-order valence-corrected chi connectivity index (χ3v) is 4.37. The minimum absolute atomic E-state index is 0.0151. The molecule has 6 nitrogen and oxygen atoms in total. The van der Waals surface area contributed by atoms with Crippen molar-refractivity contribution in [2.45, 2.75) is 38.5 Å². The molecule has 3 heterocycles. The number of hydrogen-bond donors (Lipinski definition) is 1. The number of aromatic nitrogens is 4. The van der Waals surface area contributed by atoms with Gasteiger partial charge in [0.1, 0.15) is 0 Å². The van der Waals surface area contributed by atoms with E-state index in [0.29, 0.717) is 0 Å². The topological polar surface area (TPSA) is 65.1 Å². The smallest absolute Gasteiger partial charge is 0.150 e. The molecule has 2 aromatic heterocycles. The largest absolute Gasteiger partial charge is 0.389 e. The van der Waals surface area contributed by atoms with Crippen LogP contribution in [0.4, 0.5) is 0 Å². The summed E-state index contributed by atoms with van der Waals surface area (Å²) in [6.45, 7) is 2.55. The monoisotopic (exact) mass is 312 g/mol. The predicted octanol–water partition coefficient (Wildman–Crippen LogP) is 2.97. The van der Waals surface area contributed by atoms with Crippen LogP contribution >= 0.6 is 0 Å². The van der Waals surface area contributed by atoms with E-state index >= 15 is 0 Å². The van der Waals surface area contributed by atoms with Crippen molar-refractivity contribution in [2.24, 2.45) is 0 Å². The normalized spacial score (nSPS) is 20.0. The fourth-order valence-electron chi connectivity index (χ4n) is 3.19. The van der Waals surface area contributed by atoms with Gasteiger partial charge in [0, 0.05) is 30.0 Å². The Morgan fingerprint density at radius 3 is 2.91 bits per heavy atom. The molecule has 1 saturated heterocycles. The minimum atomic E-state index is -0.589. The molecule has 0 bridgehead atoms. The first-order chi connectivity index (χ1) is 11.2. The standard InChI is InChI=1S/C17H20N4O2/c1-12(22)14-10-15-13(9-16(14)20-7-4-6-18-20)11-19-21(15)17-5-2-3-8-23-17/h4,6-7,9-12,17,22H,2-3,5,8H2,1H3. The van der Waals surface area contributed by atoms with Crippen LogP contribution in [0, 0.1) is 0 Å². The van der Waals surface area contributed by atoms with E-state index in [4.69, 9.17) is 4.74 Å². The number of hydrogen-bond acceptors (Lipinski definition) is 4. The fourth-order valence-corrected chi connectivity index (χ4v) is 3.19. The summed E-state index contributed by atoms with van der Waals surface area (Å²) in [7, 11) is 0. The van der Waals surface area contributed by atoms with Crippen molar-refractivity contribution in [3.63, 3.8) is 0 Å². The van der Waals surface area contributed by atoms with Crippen molar-refractivity contribution in [2.75, 3.05) is 6.61 Å². The SMILES string of the molecule is CC(O)c1cc2c(cnn2C2CCCCO2)cc1-n1cccn1. The Kier molecular flexibility index (Phi) is 3.63. The molecule has 1 fully saturated rings. The molecule has 1 N–H and O–H groups in total. The van der Waals surface area contributed by atoms with Gasteiger partial charge in [-0.3, -0.25) is 0 Å². The van der Waals surface area contributed by atoms with Crippen LogP contribution in [-0.2, 0) is 4.74 Å². The highest BCUT2D eigenvalue weighted by atomic mass is 16.5. The number of rotatable bonds is 3. The van der Waals surface area contributed by atoms with Gasteiger partial charge in [-0.05, 0) is 44.4 Å². The lowest BCUT2D eigenvalue weighted by Crippen LogP contribution is -2.19. The van der Waals surface area contributed by atoms with E-state index in [2.05, 4.69) is 10.2 Å². The summed E-state index contributed by atoms with van der Waals surface area (Å²) in [4.78, 5) is 0. The van der Waals surface area contributed by atoms with E-state index in [0.717, 1.165) is 48.0 Å². The molecule has 4 rings (SSSR count). The molecule has 1 aromatic carbocycles. The lowest BCUT2D eigenvalue weighted by molar-refractivity contribution is -0.0366. The van der Waals surface area contributed by atoms with Gasteiger partial charge in [0.15, 0.2) is 6.23 Å². The molecule has 0 radical (unpaired) electrons. The summed E-state index contributed by atoms with van der Waals surface area (Å²) >= 11 is 0. The second-order valence-electron chi connectivity index (χ2n) is 6.01. The van der Waals surface area contributed by atoms with E-state index < -0.39 is 6.10 Å². The molecule has 120 valence electrons. The molecular formula is C17H20N4O2. The summed E-state index contributed by atoms with van der Waals surface area (Å²) in [5.74, 6) is 0. The first-order valence-corrected chi connectivity index (χ1v) is 8.05. The molecule has 0 amide bonds. The second-order valence-corrected chi connectivity index (χ2v) is 6.01. The molecular weight excluding hydrogens is 292 g/mol. The number of ether oxygens (including phenoxy) is 1. The van der Waals surface area contributed by atoms with Crippen LogP contribution in [0.3, 0.4) is 0 Å². The Hall–Kier alpha value is -2.18. The highest BCUT2D eigenvalue weighted by Crippen LogP contribution is 2.31. The van der Waals surface area contributed by atoms with Crippen molar-refractivity contribution in [1.29, 1.82) is 0 Å². The Bertz CT molecular complexity index is 801. The van der Waals surface area contributed by atoms with Gasteiger partial charge < -0.3 is 9.84 Å². The van der Waals surface area contributed by atoms with Crippen molar-refractivity contribution >= 4 is 10.9 Å².